The van der Waals surface area contributed by atoms with Crippen LogP contribution in [0, 0.1) is 0 Å². The van der Waals surface area contributed by atoms with Gasteiger partial charge in [0.05, 0.1) is 7.11 Å². The Hall–Kier alpha value is -1.54. The van der Waals surface area contributed by atoms with Crippen LogP contribution in [-0.4, -0.2) is 31.6 Å². The minimum Gasteiger partial charge on any atom is -0.496 e. The maximum Gasteiger partial charge on any atom is 0.191 e. The fourth-order valence-corrected chi connectivity index (χ4v) is 2.24. The predicted molar refractivity (Wildman–Crippen MR) is 110 cm³/mol. The number of aliphatic imine (C=N–C) groups is 1. The first-order chi connectivity index (χ1) is 11.2. The monoisotopic (exact) mass is 460 g/mol. The molecule has 1 aromatic carbocycles. The molecule has 0 aliphatic heterocycles. The molecule has 0 unspecified atom stereocenters. The maximum absolute atomic E-state index is 5.78. The first-order valence-electron chi connectivity index (χ1n) is 7.39. The Morgan fingerprint density at radius 2 is 2.00 bits per heavy atom. The SMILES string of the molecule is CN=C(NCCc1ccc(Cl)nc1)NCc1ccccc1OC.I. The Morgan fingerprint density at radius 1 is 1.21 bits per heavy atom. The summed E-state index contributed by atoms with van der Waals surface area (Å²) in [6.07, 6.45) is 2.63. The maximum atomic E-state index is 5.78. The standard InChI is InChI=1S/C17H21ClN4O.HI/c1-19-17(20-10-9-13-7-8-16(18)21-11-13)22-12-14-5-3-4-6-15(14)23-2;/h3-8,11H,9-10,12H2,1-2H3,(H2,19,20,22);1H. The average molecular weight is 461 g/mol. The van der Waals surface area contributed by atoms with Gasteiger partial charge in [-0.1, -0.05) is 35.9 Å². The second kappa shape index (κ2) is 11.1. The van der Waals surface area contributed by atoms with Gasteiger partial charge in [-0.15, -0.1) is 24.0 Å². The van der Waals surface area contributed by atoms with Crippen molar-refractivity contribution in [3.63, 3.8) is 0 Å². The van der Waals surface area contributed by atoms with Crippen molar-refractivity contribution in [3.8, 4) is 5.75 Å². The summed E-state index contributed by atoms with van der Waals surface area (Å²) in [6, 6.07) is 11.7. The van der Waals surface area contributed by atoms with Gasteiger partial charge in [0.2, 0.25) is 0 Å². The minimum atomic E-state index is 0. The van der Waals surface area contributed by atoms with E-state index in [1.807, 2.05) is 30.3 Å². The van der Waals surface area contributed by atoms with E-state index in [4.69, 9.17) is 16.3 Å². The van der Waals surface area contributed by atoms with Gasteiger partial charge in [-0.3, -0.25) is 4.99 Å². The Balaban J connectivity index is 0.00000288. The minimum absolute atomic E-state index is 0. The highest BCUT2D eigenvalue weighted by Gasteiger charge is 2.03. The van der Waals surface area contributed by atoms with Crippen LogP contribution in [0.15, 0.2) is 47.6 Å². The second-order valence-electron chi connectivity index (χ2n) is 4.90. The molecule has 2 rings (SSSR count). The molecule has 0 amide bonds. The van der Waals surface area contributed by atoms with E-state index in [-0.39, 0.29) is 24.0 Å². The van der Waals surface area contributed by atoms with Crippen molar-refractivity contribution in [2.24, 2.45) is 4.99 Å². The molecule has 5 nitrogen and oxygen atoms in total. The predicted octanol–water partition coefficient (Wildman–Crippen LogP) is 3.27. The zero-order chi connectivity index (χ0) is 16.5. The molecule has 0 saturated heterocycles. The molecule has 0 atom stereocenters. The lowest BCUT2D eigenvalue weighted by Crippen LogP contribution is -2.37. The highest BCUT2D eigenvalue weighted by Crippen LogP contribution is 2.16. The molecule has 7 heteroatoms. The Morgan fingerprint density at radius 3 is 2.67 bits per heavy atom. The fraction of sp³-hybridized carbons (Fsp3) is 0.294. The summed E-state index contributed by atoms with van der Waals surface area (Å²) < 4.78 is 5.34. The van der Waals surface area contributed by atoms with Crippen LogP contribution in [-0.2, 0) is 13.0 Å². The lowest BCUT2D eigenvalue weighted by molar-refractivity contribution is 0.409. The van der Waals surface area contributed by atoms with Gasteiger partial charge in [0.25, 0.3) is 0 Å². The number of methoxy groups -OCH3 is 1. The quantitative estimate of drug-likeness (QED) is 0.301. The fourth-order valence-electron chi connectivity index (χ4n) is 2.13. The van der Waals surface area contributed by atoms with E-state index in [0.717, 1.165) is 35.8 Å². The Labute approximate surface area is 164 Å². The molecule has 0 aliphatic rings. The Bertz CT molecular complexity index is 649. The molecule has 0 bridgehead atoms. The molecule has 0 spiro atoms. The molecule has 130 valence electrons. The molecule has 24 heavy (non-hydrogen) atoms. The van der Waals surface area contributed by atoms with Crippen LogP contribution in [0.25, 0.3) is 0 Å². The van der Waals surface area contributed by atoms with E-state index >= 15 is 0 Å². The third kappa shape index (κ3) is 6.52. The number of hydrogen-bond donors (Lipinski definition) is 2. The first kappa shape index (κ1) is 20.5. The molecule has 0 fully saturated rings. The number of nitrogens with one attached hydrogen (secondary N) is 2. The lowest BCUT2D eigenvalue weighted by Gasteiger charge is -2.13. The zero-order valence-electron chi connectivity index (χ0n) is 13.8. The van der Waals surface area contributed by atoms with E-state index in [9.17, 15) is 0 Å². The lowest BCUT2D eigenvalue weighted by atomic mass is 10.2. The number of rotatable bonds is 6. The van der Waals surface area contributed by atoms with Crippen molar-refractivity contribution >= 4 is 41.5 Å². The number of hydrogen-bond acceptors (Lipinski definition) is 3. The van der Waals surface area contributed by atoms with Crippen molar-refractivity contribution in [2.75, 3.05) is 20.7 Å². The van der Waals surface area contributed by atoms with Gasteiger partial charge in [0.15, 0.2) is 5.96 Å². The topological polar surface area (TPSA) is 58.5 Å². The van der Waals surface area contributed by atoms with Crippen LogP contribution in [0.5, 0.6) is 5.75 Å². The van der Waals surface area contributed by atoms with Crippen molar-refractivity contribution in [3.05, 3.63) is 58.9 Å². The van der Waals surface area contributed by atoms with Gasteiger partial charge in [-0.2, -0.15) is 0 Å². The highest BCUT2D eigenvalue weighted by atomic mass is 127. The van der Waals surface area contributed by atoms with Crippen LogP contribution >= 0.6 is 35.6 Å². The van der Waals surface area contributed by atoms with E-state index in [1.165, 1.54) is 0 Å². The number of guanidine groups is 1. The van der Waals surface area contributed by atoms with Gasteiger partial charge in [0, 0.05) is 31.9 Å². The number of aromatic nitrogens is 1. The van der Waals surface area contributed by atoms with E-state index in [1.54, 1.807) is 26.4 Å². The largest absolute Gasteiger partial charge is 0.496 e. The molecule has 2 aromatic rings. The van der Waals surface area contributed by atoms with E-state index < -0.39 is 0 Å². The normalized spacial score (nSPS) is 10.7. The number of ether oxygens (including phenoxy) is 1. The summed E-state index contributed by atoms with van der Waals surface area (Å²) >= 11 is 5.78. The summed E-state index contributed by atoms with van der Waals surface area (Å²) in [7, 11) is 3.42. The van der Waals surface area contributed by atoms with E-state index in [0.29, 0.717) is 11.7 Å². The van der Waals surface area contributed by atoms with Crippen molar-refractivity contribution in [1.29, 1.82) is 0 Å². The molecule has 0 aliphatic carbocycles. The van der Waals surface area contributed by atoms with E-state index in [2.05, 4.69) is 20.6 Å². The van der Waals surface area contributed by atoms with Gasteiger partial charge < -0.3 is 15.4 Å². The van der Waals surface area contributed by atoms with Gasteiger partial charge in [0.1, 0.15) is 10.9 Å². The van der Waals surface area contributed by atoms with Crippen LogP contribution in [0.3, 0.4) is 0 Å². The summed E-state index contributed by atoms with van der Waals surface area (Å²) in [5.74, 6) is 1.61. The first-order valence-corrected chi connectivity index (χ1v) is 7.77. The number of pyridine rings is 1. The summed E-state index contributed by atoms with van der Waals surface area (Å²) in [5.41, 5.74) is 2.21. The van der Waals surface area contributed by atoms with Crippen LogP contribution in [0.4, 0.5) is 0 Å². The third-order valence-corrected chi connectivity index (χ3v) is 3.58. The number of benzene rings is 1. The van der Waals surface area contributed by atoms with Crippen molar-refractivity contribution in [2.45, 2.75) is 13.0 Å². The second-order valence-corrected chi connectivity index (χ2v) is 5.29. The number of para-hydroxylation sites is 1. The molecule has 1 aromatic heterocycles. The smallest absolute Gasteiger partial charge is 0.191 e. The zero-order valence-corrected chi connectivity index (χ0v) is 16.8. The summed E-state index contributed by atoms with van der Waals surface area (Å²) in [5, 5.41) is 7.07. The van der Waals surface area contributed by atoms with Crippen LogP contribution in [0.1, 0.15) is 11.1 Å². The van der Waals surface area contributed by atoms with Gasteiger partial charge in [-0.25, -0.2) is 4.98 Å². The molecule has 1 heterocycles. The molecular weight excluding hydrogens is 439 g/mol. The van der Waals surface area contributed by atoms with Crippen molar-refractivity contribution in [1.82, 2.24) is 15.6 Å². The van der Waals surface area contributed by atoms with Gasteiger partial charge in [-0.05, 0) is 24.1 Å². The summed E-state index contributed by atoms with van der Waals surface area (Å²) in [4.78, 5) is 8.29. The highest BCUT2D eigenvalue weighted by molar-refractivity contribution is 14.0. The molecule has 0 radical (unpaired) electrons. The summed E-state index contributed by atoms with van der Waals surface area (Å²) in [6.45, 7) is 1.40. The number of nitrogens with zero attached hydrogens (tertiary/aromatic N) is 2. The Kier molecular flexibility index (Phi) is 9.48. The van der Waals surface area contributed by atoms with Gasteiger partial charge >= 0.3 is 0 Å². The average Bonchev–Trinajstić information content (AvgIpc) is 2.59. The third-order valence-electron chi connectivity index (χ3n) is 3.36. The van der Waals surface area contributed by atoms with Crippen molar-refractivity contribution < 1.29 is 4.74 Å². The van der Waals surface area contributed by atoms with Crippen LogP contribution < -0.4 is 15.4 Å². The molecular formula is C17H22ClIN4O. The molecule has 0 saturated carbocycles. The van der Waals surface area contributed by atoms with Crippen LogP contribution in [0.2, 0.25) is 5.15 Å². The number of halogens is 2. The molecule has 2 N–H and O–H groups in total.